The molecule has 26 heavy (non-hydrogen) atoms. The van der Waals surface area contributed by atoms with Crippen molar-refractivity contribution in [1.82, 2.24) is 0 Å². The van der Waals surface area contributed by atoms with E-state index in [9.17, 15) is 0 Å². The highest BCUT2D eigenvalue weighted by atomic mass is 35.8. The topological polar surface area (TPSA) is 0 Å². The van der Waals surface area contributed by atoms with Crippen molar-refractivity contribution < 1.29 is 0 Å². The van der Waals surface area contributed by atoms with Crippen molar-refractivity contribution in [3.63, 3.8) is 0 Å². The zero-order valence-electron chi connectivity index (χ0n) is 14.1. The fourth-order valence-electron chi connectivity index (χ4n) is 3.45. The maximum absolute atomic E-state index is 6.01. The molecule has 0 aliphatic rings. The van der Waals surface area contributed by atoms with Crippen LogP contribution in [0.3, 0.4) is 0 Å². The molecule has 4 aromatic rings. The normalized spacial score (nSPS) is 12.0. The van der Waals surface area contributed by atoms with Gasteiger partial charge in [-0.3, -0.25) is 0 Å². The molecule has 0 aliphatic heterocycles. The van der Waals surface area contributed by atoms with Gasteiger partial charge >= 0.3 is 6.00 Å². The molecule has 0 heterocycles. The Morgan fingerprint density at radius 2 is 1.19 bits per heavy atom. The summed E-state index contributed by atoms with van der Waals surface area (Å²) in [6.07, 6.45) is 0.805. The van der Waals surface area contributed by atoms with Gasteiger partial charge in [0.1, 0.15) is 0 Å². The van der Waals surface area contributed by atoms with Crippen LogP contribution in [0, 0.1) is 0 Å². The SMILES string of the molecule is Cl[Si](Cl)(Cl)CCc1ccc(-c2c3ccccc3cc3ccccc23)cc1. The Morgan fingerprint density at radius 1 is 0.654 bits per heavy atom. The number of hydrogen-bond donors (Lipinski definition) is 0. The van der Waals surface area contributed by atoms with Gasteiger partial charge in [-0.05, 0) is 56.8 Å². The first-order valence-electron chi connectivity index (χ1n) is 8.58. The van der Waals surface area contributed by atoms with Gasteiger partial charge < -0.3 is 0 Å². The van der Waals surface area contributed by atoms with Gasteiger partial charge in [0.25, 0.3) is 0 Å². The van der Waals surface area contributed by atoms with E-state index in [0.29, 0.717) is 6.04 Å². The molecule has 0 spiro atoms. The van der Waals surface area contributed by atoms with E-state index in [4.69, 9.17) is 33.2 Å². The highest BCUT2D eigenvalue weighted by Crippen LogP contribution is 2.36. The van der Waals surface area contributed by atoms with E-state index in [1.165, 1.54) is 38.2 Å². The van der Waals surface area contributed by atoms with Crippen LogP contribution in [0.1, 0.15) is 5.56 Å². The molecule has 0 amide bonds. The minimum absolute atomic E-state index is 0.647. The lowest BCUT2D eigenvalue weighted by atomic mass is 9.91. The van der Waals surface area contributed by atoms with Gasteiger partial charge in [0.2, 0.25) is 0 Å². The average molecular weight is 416 g/mol. The average Bonchev–Trinajstić information content (AvgIpc) is 2.64. The van der Waals surface area contributed by atoms with Crippen molar-refractivity contribution in [1.29, 1.82) is 0 Å². The Kier molecular flexibility index (Phi) is 4.98. The van der Waals surface area contributed by atoms with Gasteiger partial charge in [0, 0.05) is 0 Å². The second-order valence-electron chi connectivity index (χ2n) is 6.51. The second-order valence-corrected chi connectivity index (χ2v) is 15.8. The summed E-state index contributed by atoms with van der Waals surface area (Å²) < 4.78 is 0. The van der Waals surface area contributed by atoms with E-state index in [2.05, 4.69) is 78.9 Å². The molecular weight excluding hydrogens is 399 g/mol. The molecule has 4 rings (SSSR count). The van der Waals surface area contributed by atoms with Gasteiger partial charge in [-0.2, -0.15) is 0 Å². The van der Waals surface area contributed by atoms with Crippen LogP contribution in [0.2, 0.25) is 6.04 Å². The van der Waals surface area contributed by atoms with Crippen LogP contribution < -0.4 is 0 Å². The Hall–Kier alpha value is -1.51. The number of hydrogen-bond acceptors (Lipinski definition) is 0. The number of benzene rings is 4. The summed E-state index contributed by atoms with van der Waals surface area (Å²) in [5, 5.41) is 5.06. The number of aryl methyl sites for hydroxylation is 1. The third kappa shape index (κ3) is 3.77. The molecule has 0 atom stereocenters. The third-order valence-electron chi connectivity index (χ3n) is 4.71. The summed E-state index contributed by atoms with van der Waals surface area (Å²) in [5.41, 5.74) is 3.70. The van der Waals surface area contributed by atoms with E-state index in [1.807, 2.05) is 0 Å². The van der Waals surface area contributed by atoms with Crippen LogP contribution in [0.15, 0.2) is 78.9 Å². The van der Waals surface area contributed by atoms with Crippen LogP contribution in [-0.2, 0) is 6.42 Å². The molecular formula is C22H17Cl3Si. The second kappa shape index (κ2) is 7.25. The van der Waals surface area contributed by atoms with E-state index in [-0.39, 0.29) is 0 Å². The van der Waals surface area contributed by atoms with Crippen molar-refractivity contribution in [2.75, 3.05) is 0 Å². The van der Waals surface area contributed by atoms with E-state index in [0.717, 1.165) is 6.42 Å². The Labute approximate surface area is 168 Å². The Bertz CT molecular complexity index is 1010. The summed E-state index contributed by atoms with van der Waals surface area (Å²) in [4.78, 5) is 0. The van der Waals surface area contributed by atoms with Crippen molar-refractivity contribution >= 4 is 60.8 Å². The fraction of sp³-hybridized carbons (Fsp3) is 0.0909. The molecule has 0 saturated heterocycles. The maximum Gasteiger partial charge on any atom is 0.341 e. The van der Waals surface area contributed by atoms with Crippen LogP contribution in [0.4, 0.5) is 0 Å². The minimum atomic E-state index is -2.57. The molecule has 0 fully saturated rings. The molecule has 4 heteroatoms. The first-order valence-corrected chi connectivity index (χ1v) is 13.8. The van der Waals surface area contributed by atoms with Crippen molar-refractivity contribution in [3.05, 3.63) is 84.4 Å². The molecule has 0 N–H and O–H groups in total. The van der Waals surface area contributed by atoms with E-state index >= 15 is 0 Å². The summed E-state index contributed by atoms with van der Waals surface area (Å²) in [5.74, 6) is 0. The molecule has 0 aromatic heterocycles. The van der Waals surface area contributed by atoms with E-state index < -0.39 is 6.00 Å². The zero-order chi connectivity index (χ0) is 18.1. The van der Waals surface area contributed by atoms with Gasteiger partial charge in [-0.1, -0.05) is 72.8 Å². The van der Waals surface area contributed by atoms with Gasteiger partial charge in [-0.15, -0.1) is 33.2 Å². The summed E-state index contributed by atoms with van der Waals surface area (Å²) in [6.45, 7) is 0. The maximum atomic E-state index is 6.01. The van der Waals surface area contributed by atoms with Crippen LogP contribution in [0.5, 0.6) is 0 Å². The van der Waals surface area contributed by atoms with Crippen molar-refractivity contribution in [3.8, 4) is 11.1 Å². The molecule has 0 unspecified atom stereocenters. The number of rotatable bonds is 4. The van der Waals surface area contributed by atoms with Crippen LogP contribution >= 0.6 is 33.2 Å². The van der Waals surface area contributed by atoms with Gasteiger partial charge in [0.05, 0.1) is 0 Å². The molecule has 0 bridgehead atoms. The highest BCUT2D eigenvalue weighted by Gasteiger charge is 2.24. The Morgan fingerprint density at radius 3 is 1.73 bits per heavy atom. The molecule has 0 aliphatic carbocycles. The monoisotopic (exact) mass is 414 g/mol. The minimum Gasteiger partial charge on any atom is -0.126 e. The first kappa shape index (κ1) is 17.9. The van der Waals surface area contributed by atoms with Gasteiger partial charge in [0.15, 0.2) is 0 Å². The molecule has 0 radical (unpaired) electrons. The quantitative estimate of drug-likeness (QED) is 0.181. The lowest BCUT2D eigenvalue weighted by Crippen LogP contribution is -2.09. The fourth-order valence-corrected chi connectivity index (χ4v) is 4.87. The molecule has 130 valence electrons. The standard InChI is InChI=1S/C22H17Cl3Si/c23-26(24,25)14-13-16-9-11-17(12-10-16)22-20-7-3-1-5-18(20)15-19-6-2-4-8-21(19)22/h1-12,15H,13-14H2. The predicted octanol–water partition coefficient (Wildman–Crippen LogP) is 7.86. The van der Waals surface area contributed by atoms with E-state index in [1.54, 1.807) is 0 Å². The van der Waals surface area contributed by atoms with Crippen LogP contribution in [-0.4, -0.2) is 6.00 Å². The first-order chi connectivity index (χ1) is 12.5. The zero-order valence-corrected chi connectivity index (χ0v) is 17.3. The smallest absolute Gasteiger partial charge is 0.126 e. The lowest BCUT2D eigenvalue weighted by Gasteiger charge is -2.13. The third-order valence-corrected chi connectivity index (χ3v) is 7.23. The number of fused-ring (bicyclic) bond motifs is 2. The van der Waals surface area contributed by atoms with Crippen molar-refractivity contribution in [2.45, 2.75) is 12.5 Å². The van der Waals surface area contributed by atoms with Crippen LogP contribution in [0.25, 0.3) is 32.7 Å². The molecule has 0 nitrogen and oxygen atoms in total. The summed E-state index contributed by atoms with van der Waals surface area (Å²) in [6, 6.07) is 26.1. The molecule has 0 saturated carbocycles. The summed E-state index contributed by atoms with van der Waals surface area (Å²) >= 11 is 18.0. The predicted molar refractivity (Wildman–Crippen MR) is 119 cm³/mol. The number of halogens is 3. The van der Waals surface area contributed by atoms with Crippen molar-refractivity contribution in [2.24, 2.45) is 0 Å². The van der Waals surface area contributed by atoms with Gasteiger partial charge in [-0.25, -0.2) is 0 Å². The Balaban J connectivity index is 1.82. The highest BCUT2D eigenvalue weighted by molar-refractivity contribution is 7.64. The summed E-state index contributed by atoms with van der Waals surface area (Å²) in [7, 11) is 0. The lowest BCUT2D eigenvalue weighted by molar-refractivity contribution is 1.13. The largest absolute Gasteiger partial charge is 0.341 e. The molecule has 4 aromatic carbocycles.